The van der Waals surface area contributed by atoms with Crippen LogP contribution in [0.1, 0.15) is 11.6 Å². The van der Waals surface area contributed by atoms with Gasteiger partial charge in [-0.15, -0.1) is 0 Å². The van der Waals surface area contributed by atoms with Crippen molar-refractivity contribution < 1.29 is 0 Å². The molecule has 1 aliphatic heterocycles. The number of aromatic nitrogens is 3. The third kappa shape index (κ3) is 2.27. The van der Waals surface area contributed by atoms with Crippen LogP contribution in [0, 0.1) is 6.92 Å². The van der Waals surface area contributed by atoms with Gasteiger partial charge in [0.05, 0.1) is 0 Å². The molecule has 1 unspecified atom stereocenters. The lowest BCUT2D eigenvalue weighted by Gasteiger charge is -2.22. The summed E-state index contributed by atoms with van der Waals surface area (Å²) in [6, 6.07) is 0.566. The number of aryl methyl sites for hydroxylation is 2. The van der Waals surface area contributed by atoms with Crippen LogP contribution in [0.3, 0.4) is 0 Å². The summed E-state index contributed by atoms with van der Waals surface area (Å²) in [6.45, 7) is 3.05. The molecule has 0 radical (unpaired) electrons. The Balaban J connectivity index is 1.98. The third-order valence-electron chi connectivity index (χ3n) is 2.39. The predicted molar refractivity (Wildman–Crippen MR) is 58.6 cm³/mol. The maximum absolute atomic E-state index is 4.41. The van der Waals surface area contributed by atoms with Gasteiger partial charge in [-0.2, -0.15) is 16.9 Å². The van der Waals surface area contributed by atoms with Crippen molar-refractivity contribution in [3.63, 3.8) is 0 Å². The topological polar surface area (TPSA) is 42.7 Å². The van der Waals surface area contributed by atoms with Crippen LogP contribution in [-0.2, 0) is 13.5 Å². The van der Waals surface area contributed by atoms with Gasteiger partial charge in [-0.25, -0.2) is 4.98 Å². The molecule has 1 saturated heterocycles. The maximum atomic E-state index is 4.41. The smallest absolute Gasteiger partial charge is 0.147 e. The zero-order valence-electron chi connectivity index (χ0n) is 8.66. The Morgan fingerprint density at radius 3 is 3.07 bits per heavy atom. The molecule has 1 atom stereocenters. The minimum absolute atomic E-state index is 0.566. The van der Waals surface area contributed by atoms with Crippen LogP contribution in [0.25, 0.3) is 0 Å². The van der Waals surface area contributed by atoms with Crippen LogP contribution in [-0.4, -0.2) is 38.9 Å². The Hall–Kier alpha value is -0.550. The van der Waals surface area contributed by atoms with Gasteiger partial charge in [0.1, 0.15) is 11.6 Å². The van der Waals surface area contributed by atoms with E-state index in [1.165, 1.54) is 11.5 Å². The molecule has 0 amide bonds. The van der Waals surface area contributed by atoms with Gasteiger partial charge < -0.3 is 5.32 Å². The molecule has 0 saturated carbocycles. The van der Waals surface area contributed by atoms with Crippen molar-refractivity contribution in [2.45, 2.75) is 19.4 Å². The second kappa shape index (κ2) is 4.31. The molecule has 14 heavy (non-hydrogen) atoms. The summed E-state index contributed by atoms with van der Waals surface area (Å²) in [5.74, 6) is 4.37. The fourth-order valence-electron chi connectivity index (χ4n) is 1.71. The Morgan fingerprint density at radius 2 is 2.50 bits per heavy atom. The van der Waals surface area contributed by atoms with Crippen LogP contribution in [0.2, 0.25) is 0 Å². The molecule has 1 aromatic heterocycles. The van der Waals surface area contributed by atoms with E-state index in [0.29, 0.717) is 6.04 Å². The molecular formula is C9H16N4S. The lowest BCUT2D eigenvalue weighted by atomic mass is 10.2. The predicted octanol–water partition coefficient (Wildman–Crippen LogP) is 0.371. The van der Waals surface area contributed by atoms with Gasteiger partial charge in [0.15, 0.2) is 0 Å². The highest BCUT2D eigenvalue weighted by molar-refractivity contribution is 7.99. The van der Waals surface area contributed by atoms with Crippen molar-refractivity contribution in [1.29, 1.82) is 0 Å². The monoisotopic (exact) mass is 212 g/mol. The van der Waals surface area contributed by atoms with Gasteiger partial charge in [0.2, 0.25) is 0 Å². The van der Waals surface area contributed by atoms with Crippen molar-refractivity contribution in [3.05, 3.63) is 11.6 Å². The van der Waals surface area contributed by atoms with E-state index in [1.54, 1.807) is 0 Å². The van der Waals surface area contributed by atoms with Crippen LogP contribution < -0.4 is 5.32 Å². The fraction of sp³-hybridized carbons (Fsp3) is 0.778. The molecule has 78 valence electrons. The Labute approximate surface area is 88.5 Å². The minimum Gasteiger partial charge on any atom is -0.312 e. The maximum Gasteiger partial charge on any atom is 0.147 e. The summed E-state index contributed by atoms with van der Waals surface area (Å²) in [4.78, 5) is 4.41. The molecule has 0 aliphatic carbocycles. The van der Waals surface area contributed by atoms with Crippen LogP contribution in [0.15, 0.2) is 0 Å². The van der Waals surface area contributed by atoms with Gasteiger partial charge in [-0.3, -0.25) is 4.68 Å². The van der Waals surface area contributed by atoms with Crippen LogP contribution in [0.5, 0.6) is 0 Å². The highest BCUT2D eigenvalue weighted by Gasteiger charge is 2.16. The summed E-state index contributed by atoms with van der Waals surface area (Å²) in [5.41, 5.74) is 0. The molecule has 1 N–H and O–H groups in total. The zero-order valence-corrected chi connectivity index (χ0v) is 9.47. The van der Waals surface area contributed by atoms with Gasteiger partial charge in [0, 0.05) is 37.6 Å². The first-order valence-electron chi connectivity index (χ1n) is 4.93. The van der Waals surface area contributed by atoms with Gasteiger partial charge in [0.25, 0.3) is 0 Å². The summed E-state index contributed by atoms with van der Waals surface area (Å²) in [7, 11) is 1.96. The van der Waals surface area contributed by atoms with E-state index in [1.807, 2.05) is 30.4 Å². The molecule has 1 fully saturated rings. The SMILES string of the molecule is Cc1nc(CC2CSCCN2)n(C)n1. The van der Waals surface area contributed by atoms with Gasteiger partial charge in [-0.05, 0) is 6.92 Å². The summed E-state index contributed by atoms with van der Waals surface area (Å²) < 4.78 is 1.89. The van der Waals surface area contributed by atoms with E-state index in [-0.39, 0.29) is 0 Å². The first kappa shape index (κ1) is 9.98. The fourth-order valence-corrected chi connectivity index (χ4v) is 2.65. The largest absolute Gasteiger partial charge is 0.312 e. The molecule has 0 aromatic carbocycles. The van der Waals surface area contributed by atoms with Gasteiger partial charge >= 0.3 is 0 Å². The molecule has 0 bridgehead atoms. The van der Waals surface area contributed by atoms with Crippen molar-refractivity contribution in [2.75, 3.05) is 18.1 Å². The van der Waals surface area contributed by atoms with Crippen molar-refractivity contribution in [1.82, 2.24) is 20.1 Å². The first-order valence-corrected chi connectivity index (χ1v) is 6.09. The van der Waals surface area contributed by atoms with Crippen LogP contribution in [0.4, 0.5) is 0 Å². The van der Waals surface area contributed by atoms with Crippen molar-refractivity contribution in [2.24, 2.45) is 7.05 Å². The summed E-state index contributed by atoms with van der Waals surface area (Å²) >= 11 is 2.01. The standard InChI is InChI=1S/C9H16N4S/c1-7-11-9(13(2)12-7)5-8-6-14-4-3-10-8/h8,10H,3-6H2,1-2H3. The number of hydrogen-bond donors (Lipinski definition) is 1. The number of hydrogen-bond acceptors (Lipinski definition) is 4. The third-order valence-corrected chi connectivity index (χ3v) is 3.52. The van der Waals surface area contributed by atoms with Crippen molar-refractivity contribution in [3.8, 4) is 0 Å². The zero-order chi connectivity index (χ0) is 9.97. The first-order chi connectivity index (χ1) is 6.75. The highest BCUT2D eigenvalue weighted by Crippen LogP contribution is 2.11. The van der Waals surface area contributed by atoms with E-state index >= 15 is 0 Å². The molecule has 2 rings (SSSR count). The number of rotatable bonds is 2. The van der Waals surface area contributed by atoms with Gasteiger partial charge in [-0.1, -0.05) is 0 Å². The average Bonchev–Trinajstić information content (AvgIpc) is 2.47. The second-order valence-corrected chi connectivity index (χ2v) is 4.78. The molecule has 4 nitrogen and oxygen atoms in total. The highest BCUT2D eigenvalue weighted by atomic mass is 32.2. The van der Waals surface area contributed by atoms with Crippen molar-refractivity contribution >= 4 is 11.8 Å². The number of nitrogens with zero attached hydrogens (tertiary/aromatic N) is 3. The quantitative estimate of drug-likeness (QED) is 0.769. The Morgan fingerprint density at radius 1 is 1.64 bits per heavy atom. The van der Waals surface area contributed by atoms with Crippen LogP contribution >= 0.6 is 11.8 Å². The van der Waals surface area contributed by atoms with E-state index in [2.05, 4.69) is 15.4 Å². The average molecular weight is 212 g/mol. The number of thioether (sulfide) groups is 1. The Bertz CT molecular complexity index is 304. The van der Waals surface area contributed by atoms with E-state index < -0.39 is 0 Å². The molecule has 1 aliphatic rings. The lowest BCUT2D eigenvalue weighted by molar-refractivity contribution is 0.534. The summed E-state index contributed by atoms with van der Waals surface area (Å²) in [5, 5.41) is 7.75. The molecule has 1 aromatic rings. The van der Waals surface area contributed by atoms with E-state index in [0.717, 1.165) is 24.6 Å². The normalized spacial score (nSPS) is 22.6. The minimum atomic E-state index is 0.566. The molecular weight excluding hydrogens is 196 g/mol. The summed E-state index contributed by atoms with van der Waals surface area (Å²) in [6.07, 6.45) is 0.990. The van der Waals surface area contributed by atoms with E-state index in [4.69, 9.17) is 0 Å². The van der Waals surface area contributed by atoms with E-state index in [9.17, 15) is 0 Å². The lowest BCUT2D eigenvalue weighted by Crippen LogP contribution is -2.39. The number of nitrogens with one attached hydrogen (secondary N) is 1. The second-order valence-electron chi connectivity index (χ2n) is 3.63. The molecule has 5 heteroatoms. The molecule has 2 heterocycles. The Kier molecular flexibility index (Phi) is 3.08. The molecule has 0 spiro atoms.